The van der Waals surface area contributed by atoms with Gasteiger partial charge < -0.3 is 25.1 Å². The van der Waals surface area contributed by atoms with Crippen molar-refractivity contribution >= 4 is 34.9 Å². The van der Waals surface area contributed by atoms with E-state index < -0.39 is 28.1 Å². The lowest BCUT2D eigenvalue weighted by molar-refractivity contribution is -0.383. The summed E-state index contributed by atoms with van der Waals surface area (Å²) in [5.74, 6) is -3.96. The summed E-state index contributed by atoms with van der Waals surface area (Å²) in [5, 5.41) is 33.9. The van der Waals surface area contributed by atoms with Gasteiger partial charge in [-0.15, -0.1) is 0 Å². The minimum absolute atomic E-state index is 0.0984. The number of benzene rings is 1. The predicted octanol–water partition coefficient (Wildman–Crippen LogP) is -0.956. The van der Waals surface area contributed by atoms with E-state index in [0.717, 1.165) is 6.07 Å². The van der Waals surface area contributed by atoms with Gasteiger partial charge in [0.1, 0.15) is 5.69 Å². The number of aliphatic carboxylic acids is 2. The Kier molecular flexibility index (Phi) is 4.43. The summed E-state index contributed by atoms with van der Waals surface area (Å²) in [4.78, 5) is 30.8. The molecule has 0 saturated carbocycles. The number of halogens is 1. The lowest BCUT2D eigenvalue weighted by Crippen LogP contribution is -2.36. The number of anilines is 1. The monoisotopic (exact) mass is 284 g/mol. The molecule has 1 N–H and O–H groups in total. The number of hydrogen-bond acceptors (Lipinski definition) is 7. The van der Waals surface area contributed by atoms with Gasteiger partial charge in [0.2, 0.25) is 0 Å². The van der Waals surface area contributed by atoms with E-state index in [-0.39, 0.29) is 10.7 Å². The number of carboxylic acids is 2. The van der Waals surface area contributed by atoms with E-state index in [1.165, 1.54) is 12.1 Å². The van der Waals surface area contributed by atoms with Gasteiger partial charge in [0.25, 0.3) is 5.69 Å². The number of nitrogens with zero attached hydrogens (tertiary/aromatic N) is 1. The number of carboxylic acid groups (broad SMARTS) is 2. The summed E-state index contributed by atoms with van der Waals surface area (Å²) in [5.41, 5.74) is -1.75. The molecular weight excluding hydrogens is 280 g/mol. The van der Waals surface area contributed by atoms with Crippen LogP contribution < -0.4 is 15.5 Å². The molecule has 1 aromatic carbocycles. The number of carbonyl (C=O) groups excluding carboxylic acids is 2. The molecule has 100 valence electrons. The Bertz CT molecular complexity index is 567. The molecule has 9 heteroatoms. The lowest BCUT2D eigenvalue weighted by Gasteiger charge is -2.10. The third kappa shape index (κ3) is 3.68. The Morgan fingerprint density at radius 3 is 2.32 bits per heavy atom. The van der Waals surface area contributed by atoms with Gasteiger partial charge in [-0.25, -0.2) is 0 Å². The highest BCUT2D eigenvalue weighted by molar-refractivity contribution is 6.30. The quantitative estimate of drug-likeness (QED) is 0.242. The second kappa shape index (κ2) is 5.83. The molecule has 0 aliphatic heterocycles. The van der Waals surface area contributed by atoms with Crippen LogP contribution in [0.5, 0.6) is 0 Å². The van der Waals surface area contributed by atoms with Gasteiger partial charge in [-0.1, -0.05) is 11.6 Å². The third-order valence-electron chi connectivity index (χ3n) is 1.97. The Hall–Kier alpha value is -2.61. The number of carbonyl (C=O) groups is 2. The molecule has 0 saturated heterocycles. The van der Waals surface area contributed by atoms with Gasteiger partial charge >= 0.3 is 0 Å². The molecule has 1 aromatic rings. The normalized spacial score (nSPS) is 9.53. The van der Waals surface area contributed by atoms with Crippen LogP contribution in [0.1, 0.15) is 0 Å². The fourth-order valence-electron chi connectivity index (χ4n) is 1.13. The van der Waals surface area contributed by atoms with E-state index in [1.807, 2.05) is 0 Å². The average Bonchev–Trinajstić information content (AvgIpc) is 2.29. The molecule has 1 rings (SSSR count). The number of hydrogen-bond donors (Lipinski definition) is 1. The highest BCUT2D eigenvalue weighted by atomic mass is 35.5. The van der Waals surface area contributed by atoms with Crippen molar-refractivity contribution in [1.82, 2.24) is 0 Å². The van der Waals surface area contributed by atoms with Gasteiger partial charge in [-0.05, 0) is 12.1 Å². The van der Waals surface area contributed by atoms with Crippen molar-refractivity contribution in [1.29, 1.82) is 0 Å². The molecule has 0 atom stereocenters. The van der Waals surface area contributed by atoms with Crippen LogP contribution in [0, 0.1) is 10.1 Å². The topological polar surface area (TPSA) is 135 Å². The molecule has 0 amide bonds. The van der Waals surface area contributed by atoms with Crippen molar-refractivity contribution in [2.75, 3.05) is 5.32 Å². The number of nitrogens with one attached hydrogen (secondary N) is 1. The largest absolute Gasteiger partial charge is 0.545 e. The minimum Gasteiger partial charge on any atom is -0.545 e. The van der Waals surface area contributed by atoms with Crippen LogP contribution in [-0.4, -0.2) is 16.9 Å². The van der Waals surface area contributed by atoms with Crippen molar-refractivity contribution < 1.29 is 24.7 Å². The van der Waals surface area contributed by atoms with Crippen molar-refractivity contribution in [2.24, 2.45) is 0 Å². The third-order valence-corrected chi connectivity index (χ3v) is 2.20. The Balaban J connectivity index is 3.13. The summed E-state index contributed by atoms with van der Waals surface area (Å²) in [6, 6.07) is 3.52. The number of rotatable bonds is 5. The molecule has 0 unspecified atom stereocenters. The van der Waals surface area contributed by atoms with Crippen molar-refractivity contribution in [3.8, 4) is 0 Å². The van der Waals surface area contributed by atoms with Crippen LogP contribution >= 0.6 is 11.6 Å². The summed E-state index contributed by atoms with van der Waals surface area (Å²) < 4.78 is 0. The maximum absolute atomic E-state index is 10.7. The summed E-state index contributed by atoms with van der Waals surface area (Å²) in [7, 11) is 0. The van der Waals surface area contributed by atoms with Crippen LogP contribution in [0.25, 0.3) is 0 Å². The number of nitro groups is 1. The van der Waals surface area contributed by atoms with Gasteiger partial charge in [-0.2, -0.15) is 0 Å². The molecule has 0 fully saturated rings. The Morgan fingerprint density at radius 2 is 1.84 bits per heavy atom. The second-order valence-electron chi connectivity index (χ2n) is 3.20. The van der Waals surface area contributed by atoms with Crippen LogP contribution in [0.3, 0.4) is 0 Å². The van der Waals surface area contributed by atoms with Crippen LogP contribution in [0.2, 0.25) is 5.02 Å². The Morgan fingerprint density at radius 1 is 1.26 bits per heavy atom. The van der Waals surface area contributed by atoms with Crippen LogP contribution in [0.4, 0.5) is 11.4 Å². The standard InChI is InChI=1S/C10H7ClN2O6/c11-5-1-2-7(8(3-5)13(18)19)12-4-6(9(14)15)10(16)17/h1-4,12H,(H,14,15)(H,16,17)/p-2. The summed E-state index contributed by atoms with van der Waals surface area (Å²) in [6.07, 6.45) is 0.529. The molecule has 19 heavy (non-hydrogen) atoms. The van der Waals surface area contributed by atoms with Crippen LogP contribution in [0.15, 0.2) is 30.0 Å². The molecule has 0 heterocycles. The van der Waals surface area contributed by atoms with Crippen molar-refractivity contribution in [2.45, 2.75) is 0 Å². The Labute approximate surface area is 111 Å². The molecule has 0 aliphatic carbocycles. The molecule has 0 aromatic heterocycles. The van der Waals surface area contributed by atoms with E-state index in [1.54, 1.807) is 0 Å². The zero-order chi connectivity index (χ0) is 14.6. The van der Waals surface area contributed by atoms with Crippen molar-refractivity contribution in [3.63, 3.8) is 0 Å². The van der Waals surface area contributed by atoms with Crippen LogP contribution in [-0.2, 0) is 9.59 Å². The van der Waals surface area contributed by atoms with Gasteiger partial charge in [-0.3, -0.25) is 10.1 Å². The molecular formula is C10H5ClN2O6-2. The van der Waals surface area contributed by atoms with E-state index in [9.17, 15) is 29.9 Å². The van der Waals surface area contributed by atoms with Gasteiger partial charge in [0, 0.05) is 22.9 Å². The lowest BCUT2D eigenvalue weighted by atomic mass is 10.2. The highest BCUT2D eigenvalue weighted by Crippen LogP contribution is 2.27. The summed E-state index contributed by atoms with van der Waals surface area (Å²) in [6.45, 7) is 0. The SMILES string of the molecule is O=C([O-])C(=CNc1ccc(Cl)cc1[N+](=O)[O-])C(=O)[O-]. The molecule has 0 bridgehead atoms. The number of nitro benzene ring substituents is 1. The first-order chi connectivity index (χ1) is 8.82. The van der Waals surface area contributed by atoms with E-state index >= 15 is 0 Å². The van der Waals surface area contributed by atoms with E-state index in [0.29, 0.717) is 6.20 Å². The summed E-state index contributed by atoms with van der Waals surface area (Å²) >= 11 is 5.57. The van der Waals surface area contributed by atoms with E-state index in [2.05, 4.69) is 5.32 Å². The molecule has 0 radical (unpaired) electrons. The smallest absolute Gasteiger partial charge is 0.294 e. The first kappa shape index (κ1) is 14.5. The molecule has 8 nitrogen and oxygen atoms in total. The maximum Gasteiger partial charge on any atom is 0.294 e. The van der Waals surface area contributed by atoms with Crippen molar-refractivity contribution in [3.05, 3.63) is 45.1 Å². The maximum atomic E-state index is 10.7. The first-order valence-corrected chi connectivity index (χ1v) is 5.04. The average molecular weight is 285 g/mol. The fourth-order valence-corrected chi connectivity index (χ4v) is 1.30. The zero-order valence-electron chi connectivity index (χ0n) is 9.08. The first-order valence-electron chi connectivity index (χ1n) is 4.66. The van der Waals surface area contributed by atoms with Gasteiger partial charge in [0.15, 0.2) is 0 Å². The van der Waals surface area contributed by atoms with Gasteiger partial charge in [0.05, 0.1) is 16.9 Å². The zero-order valence-corrected chi connectivity index (χ0v) is 9.84. The highest BCUT2D eigenvalue weighted by Gasteiger charge is 2.13. The minimum atomic E-state index is -1.98. The second-order valence-corrected chi connectivity index (χ2v) is 3.63. The predicted molar refractivity (Wildman–Crippen MR) is 59.8 cm³/mol. The fraction of sp³-hybridized carbons (Fsp3) is 0. The van der Waals surface area contributed by atoms with E-state index in [4.69, 9.17) is 11.6 Å². The molecule has 0 aliphatic rings. The molecule has 0 spiro atoms.